The van der Waals surface area contributed by atoms with E-state index < -0.39 is 0 Å². The second kappa shape index (κ2) is 6.39. The van der Waals surface area contributed by atoms with Crippen LogP contribution in [0.4, 0.5) is 0 Å². The molecule has 1 aromatic heterocycles. The van der Waals surface area contributed by atoms with Gasteiger partial charge in [-0.15, -0.1) is 0 Å². The van der Waals surface area contributed by atoms with Crippen molar-refractivity contribution in [1.82, 2.24) is 9.88 Å². The van der Waals surface area contributed by atoms with Crippen LogP contribution in [0.2, 0.25) is 5.15 Å². The molecule has 2 aromatic rings. The molecule has 0 unspecified atom stereocenters. The van der Waals surface area contributed by atoms with Crippen molar-refractivity contribution in [1.29, 1.82) is 0 Å². The molecular formula is C15H15ClN2O2. The van der Waals surface area contributed by atoms with Crippen LogP contribution in [0.15, 0.2) is 42.5 Å². The standard InChI is InChI=1S/C15H15ClN2O2/c1-18(10-11-6-8-12(20-2)9-7-11)15(19)13-4-3-5-14(16)17-13/h3-9H,10H2,1-2H3. The van der Waals surface area contributed by atoms with Gasteiger partial charge < -0.3 is 9.64 Å². The molecule has 0 bridgehead atoms. The number of carbonyl (C=O) groups is 1. The van der Waals surface area contributed by atoms with Crippen LogP contribution in [0, 0.1) is 0 Å². The van der Waals surface area contributed by atoms with Crippen molar-refractivity contribution in [3.8, 4) is 5.75 Å². The molecule has 0 fully saturated rings. The van der Waals surface area contributed by atoms with Crippen molar-refractivity contribution in [2.24, 2.45) is 0 Å². The monoisotopic (exact) mass is 290 g/mol. The fourth-order valence-corrected chi connectivity index (χ4v) is 1.96. The van der Waals surface area contributed by atoms with Gasteiger partial charge >= 0.3 is 0 Å². The lowest BCUT2D eigenvalue weighted by Gasteiger charge is -2.17. The zero-order valence-corrected chi connectivity index (χ0v) is 12.1. The molecule has 0 atom stereocenters. The van der Waals surface area contributed by atoms with E-state index >= 15 is 0 Å². The number of amides is 1. The van der Waals surface area contributed by atoms with Gasteiger partial charge in [0, 0.05) is 13.6 Å². The van der Waals surface area contributed by atoms with Crippen LogP contribution in [0.3, 0.4) is 0 Å². The van der Waals surface area contributed by atoms with E-state index in [1.165, 1.54) is 0 Å². The first kappa shape index (κ1) is 14.3. The first-order chi connectivity index (χ1) is 9.60. The Kier molecular flexibility index (Phi) is 4.58. The largest absolute Gasteiger partial charge is 0.497 e. The van der Waals surface area contributed by atoms with Crippen LogP contribution >= 0.6 is 11.6 Å². The first-order valence-electron chi connectivity index (χ1n) is 6.11. The van der Waals surface area contributed by atoms with Crippen LogP contribution < -0.4 is 4.74 Å². The summed E-state index contributed by atoms with van der Waals surface area (Å²) in [7, 11) is 3.35. The molecule has 0 aliphatic heterocycles. The lowest BCUT2D eigenvalue weighted by atomic mass is 10.2. The molecule has 1 aromatic carbocycles. The van der Waals surface area contributed by atoms with Gasteiger partial charge in [0.05, 0.1) is 7.11 Å². The normalized spacial score (nSPS) is 10.2. The molecule has 0 aliphatic rings. The van der Waals surface area contributed by atoms with E-state index in [2.05, 4.69) is 4.98 Å². The summed E-state index contributed by atoms with van der Waals surface area (Å²) in [6.45, 7) is 0.497. The summed E-state index contributed by atoms with van der Waals surface area (Å²) in [6.07, 6.45) is 0. The summed E-state index contributed by atoms with van der Waals surface area (Å²) in [5.41, 5.74) is 1.36. The summed E-state index contributed by atoms with van der Waals surface area (Å²) in [5, 5.41) is 0.314. The fraction of sp³-hybridized carbons (Fsp3) is 0.200. The predicted octanol–water partition coefficient (Wildman–Crippen LogP) is 3.02. The molecule has 104 valence electrons. The van der Waals surface area contributed by atoms with Crippen molar-refractivity contribution in [2.45, 2.75) is 6.54 Å². The number of aromatic nitrogens is 1. The van der Waals surface area contributed by atoms with Crippen molar-refractivity contribution in [3.05, 3.63) is 58.9 Å². The minimum absolute atomic E-state index is 0.164. The Morgan fingerprint density at radius 3 is 2.55 bits per heavy atom. The van der Waals surface area contributed by atoms with Crippen LogP contribution in [0.5, 0.6) is 5.75 Å². The van der Waals surface area contributed by atoms with Gasteiger partial charge in [-0.05, 0) is 29.8 Å². The van der Waals surface area contributed by atoms with Crippen molar-refractivity contribution >= 4 is 17.5 Å². The van der Waals surface area contributed by atoms with Gasteiger partial charge in [0.2, 0.25) is 0 Å². The minimum atomic E-state index is -0.164. The average molecular weight is 291 g/mol. The SMILES string of the molecule is COc1ccc(CN(C)C(=O)c2cccc(Cl)n2)cc1. The molecule has 0 saturated carbocycles. The highest BCUT2D eigenvalue weighted by Crippen LogP contribution is 2.14. The zero-order chi connectivity index (χ0) is 14.5. The van der Waals surface area contributed by atoms with Crippen molar-refractivity contribution in [3.63, 3.8) is 0 Å². The quantitative estimate of drug-likeness (QED) is 0.813. The number of halogens is 1. The number of rotatable bonds is 4. The summed E-state index contributed by atoms with van der Waals surface area (Å²) >= 11 is 5.79. The molecular weight excluding hydrogens is 276 g/mol. The smallest absolute Gasteiger partial charge is 0.272 e. The Labute approximate surface area is 123 Å². The topological polar surface area (TPSA) is 42.4 Å². The highest BCUT2D eigenvalue weighted by Gasteiger charge is 2.13. The maximum Gasteiger partial charge on any atom is 0.272 e. The van der Waals surface area contributed by atoms with E-state index in [9.17, 15) is 4.79 Å². The Bertz CT molecular complexity index is 599. The van der Waals surface area contributed by atoms with Gasteiger partial charge in [-0.2, -0.15) is 0 Å². The maximum absolute atomic E-state index is 12.2. The van der Waals surface area contributed by atoms with E-state index in [4.69, 9.17) is 16.3 Å². The Balaban J connectivity index is 2.07. The highest BCUT2D eigenvalue weighted by atomic mass is 35.5. The summed E-state index contributed by atoms with van der Waals surface area (Å²) in [6, 6.07) is 12.6. The van der Waals surface area contributed by atoms with Crippen LogP contribution in [-0.2, 0) is 6.54 Å². The third-order valence-electron chi connectivity index (χ3n) is 2.86. The number of carbonyl (C=O) groups excluding carboxylic acids is 1. The number of hydrogen-bond donors (Lipinski definition) is 0. The number of hydrogen-bond acceptors (Lipinski definition) is 3. The van der Waals surface area contributed by atoms with E-state index in [-0.39, 0.29) is 5.91 Å². The Morgan fingerprint density at radius 2 is 1.95 bits per heavy atom. The molecule has 4 nitrogen and oxygen atoms in total. The Morgan fingerprint density at radius 1 is 1.25 bits per heavy atom. The molecule has 2 rings (SSSR count). The highest BCUT2D eigenvalue weighted by molar-refractivity contribution is 6.29. The van der Waals surface area contributed by atoms with Crippen LogP contribution in [0.25, 0.3) is 0 Å². The predicted molar refractivity (Wildman–Crippen MR) is 78.0 cm³/mol. The number of benzene rings is 1. The van der Waals surface area contributed by atoms with Gasteiger partial charge in [-0.1, -0.05) is 29.8 Å². The van der Waals surface area contributed by atoms with Gasteiger partial charge in [-0.3, -0.25) is 4.79 Å². The van der Waals surface area contributed by atoms with Crippen LogP contribution in [-0.4, -0.2) is 29.9 Å². The number of pyridine rings is 1. The average Bonchev–Trinajstić information content (AvgIpc) is 2.47. The number of nitrogens with zero attached hydrogens (tertiary/aromatic N) is 2. The van der Waals surface area contributed by atoms with E-state index in [1.54, 1.807) is 37.3 Å². The molecule has 0 saturated heterocycles. The third kappa shape index (κ3) is 3.48. The lowest BCUT2D eigenvalue weighted by molar-refractivity contribution is 0.0779. The number of ether oxygens (including phenoxy) is 1. The van der Waals surface area contributed by atoms with Gasteiger partial charge in [-0.25, -0.2) is 4.98 Å². The van der Waals surface area contributed by atoms with Gasteiger partial charge in [0.1, 0.15) is 16.6 Å². The molecule has 0 aliphatic carbocycles. The van der Waals surface area contributed by atoms with Crippen molar-refractivity contribution < 1.29 is 9.53 Å². The minimum Gasteiger partial charge on any atom is -0.497 e. The molecule has 0 N–H and O–H groups in total. The molecule has 1 amide bonds. The third-order valence-corrected chi connectivity index (χ3v) is 3.07. The second-order valence-corrected chi connectivity index (χ2v) is 4.74. The second-order valence-electron chi connectivity index (χ2n) is 4.35. The summed E-state index contributed by atoms with van der Waals surface area (Å²) in [4.78, 5) is 17.8. The molecule has 5 heteroatoms. The molecule has 20 heavy (non-hydrogen) atoms. The molecule has 1 heterocycles. The van der Waals surface area contributed by atoms with Gasteiger partial charge in [0.25, 0.3) is 5.91 Å². The zero-order valence-electron chi connectivity index (χ0n) is 11.3. The Hall–Kier alpha value is -2.07. The fourth-order valence-electron chi connectivity index (χ4n) is 1.80. The van der Waals surface area contributed by atoms with E-state index in [0.29, 0.717) is 17.4 Å². The van der Waals surface area contributed by atoms with E-state index in [0.717, 1.165) is 11.3 Å². The number of methoxy groups -OCH3 is 1. The van der Waals surface area contributed by atoms with E-state index in [1.807, 2.05) is 24.3 Å². The first-order valence-corrected chi connectivity index (χ1v) is 6.49. The summed E-state index contributed by atoms with van der Waals surface area (Å²) in [5.74, 6) is 0.627. The molecule has 0 radical (unpaired) electrons. The van der Waals surface area contributed by atoms with Crippen LogP contribution in [0.1, 0.15) is 16.1 Å². The summed E-state index contributed by atoms with van der Waals surface area (Å²) < 4.78 is 5.10. The maximum atomic E-state index is 12.2. The van der Waals surface area contributed by atoms with Crippen molar-refractivity contribution in [2.75, 3.05) is 14.2 Å². The lowest BCUT2D eigenvalue weighted by Crippen LogP contribution is -2.26. The molecule has 0 spiro atoms. The van der Waals surface area contributed by atoms with Gasteiger partial charge in [0.15, 0.2) is 0 Å².